The lowest BCUT2D eigenvalue weighted by atomic mass is 10.0. The lowest BCUT2D eigenvalue weighted by Gasteiger charge is -2.08. The van der Waals surface area contributed by atoms with Gasteiger partial charge in [-0.2, -0.15) is 0 Å². The molecular weight excluding hydrogens is 492 g/mol. The Balaban J connectivity index is 1.28. The minimum atomic E-state index is 0.729. The van der Waals surface area contributed by atoms with Gasteiger partial charge in [0.1, 0.15) is 11.4 Å². The summed E-state index contributed by atoms with van der Waals surface area (Å²) in [4.78, 5) is 27.8. The van der Waals surface area contributed by atoms with Gasteiger partial charge in [-0.05, 0) is 83.9 Å². The first-order valence-corrected chi connectivity index (χ1v) is 12.9. The van der Waals surface area contributed by atoms with Crippen molar-refractivity contribution in [1.82, 2.24) is 19.9 Å². The molecule has 4 heterocycles. The van der Waals surface area contributed by atoms with Crippen molar-refractivity contribution >= 4 is 22.8 Å². The van der Waals surface area contributed by atoms with Crippen LogP contribution in [0.3, 0.4) is 0 Å². The van der Waals surface area contributed by atoms with Gasteiger partial charge in [0, 0.05) is 24.8 Å². The highest BCUT2D eigenvalue weighted by atomic mass is 14.8. The second-order valence-electron chi connectivity index (χ2n) is 8.87. The van der Waals surface area contributed by atoms with E-state index in [4.69, 9.17) is 9.98 Å². The van der Waals surface area contributed by atoms with Crippen LogP contribution in [0.15, 0.2) is 156 Å². The van der Waals surface area contributed by atoms with Gasteiger partial charge in [0.25, 0.3) is 0 Å². The van der Waals surface area contributed by atoms with Gasteiger partial charge in [0.2, 0.25) is 0 Å². The zero-order chi connectivity index (χ0) is 27.0. The van der Waals surface area contributed by atoms with Crippen molar-refractivity contribution in [1.29, 1.82) is 0 Å². The van der Waals surface area contributed by atoms with Gasteiger partial charge in [-0.15, -0.1) is 0 Å². The van der Waals surface area contributed by atoms with Crippen LogP contribution in [0.1, 0.15) is 22.8 Å². The number of hydrogen-bond donors (Lipinski definition) is 0. The van der Waals surface area contributed by atoms with Crippen LogP contribution in [0.4, 0.5) is 11.4 Å². The highest BCUT2D eigenvalue weighted by Gasteiger charge is 2.11. The molecule has 0 aliphatic carbocycles. The molecular formula is C34H24N6. The van der Waals surface area contributed by atoms with Crippen molar-refractivity contribution in [2.75, 3.05) is 0 Å². The summed E-state index contributed by atoms with van der Waals surface area (Å²) in [5, 5.41) is 0. The van der Waals surface area contributed by atoms with E-state index >= 15 is 0 Å². The maximum Gasteiger partial charge on any atom is 0.115 e. The molecule has 190 valence electrons. The largest absolute Gasteiger partial charge is 0.255 e. The Morgan fingerprint density at radius 3 is 0.900 bits per heavy atom. The number of rotatable bonds is 7. The molecule has 0 aliphatic rings. The van der Waals surface area contributed by atoms with E-state index in [1.165, 1.54) is 0 Å². The molecule has 6 rings (SSSR count). The minimum absolute atomic E-state index is 0.729. The van der Waals surface area contributed by atoms with E-state index in [1.54, 1.807) is 24.8 Å². The molecule has 0 radical (unpaired) electrons. The number of hydrogen-bond acceptors (Lipinski definition) is 6. The van der Waals surface area contributed by atoms with E-state index in [9.17, 15) is 0 Å². The molecule has 0 bridgehead atoms. The smallest absolute Gasteiger partial charge is 0.115 e. The van der Waals surface area contributed by atoms with E-state index in [2.05, 4.69) is 44.2 Å². The first-order valence-electron chi connectivity index (χ1n) is 12.9. The van der Waals surface area contributed by atoms with Gasteiger partial charge in [0.05, 0.1) is 34.2 Å². The van der Waals surface area contributed by atoms with Crippen LogP contribution in [0, 0.1) is 0 Å². The zero-order valence-electron chi connectivity index (χ0n) is 21.5. The summed E-state index contributed by atoms with van der Waals surface area (Å²) in [5.74, 6) is 0. The molecule has 0 fully saturated rings. The summed E-state index contributed by atoms with van der Waals surface area (Å²) in [5.41, 5.74) is 8.38. The molecule has 4 aromatic heterocycles. The van der Waals surface area contributed by atoms with Gasteiger partial charge in [0.15, 0.2) is 0 Å². The van der Waals surface area contributed by atoms with Crippen LogP contribution >= 0.6 is 0 Å². The molecule has 0 N–H and O–H groups in total. The normalized spacial score (nSPS) is 10.5. The van der Waals surface area contributed by atoms with Gasteiger partial charge < -0.3 is 0 Å². The molecule has 40 heavy (non-hydrogen) atoms. The molecule has 0 saturated carbocycles. The van der Waals surface area contributed by atoms with E-state index in [1.807, 2.05) is 97.1 Å². The monoisotopic (exact) mass is 516 g/mol. The third kappa shape index (κ3) is 5.76. The van der Waals surface area contributed by atoms with Crippen LogP contribution in [-0.4, -0.2) is 31.4 Å². The Labute approximate surface area is 232 Å². The van der Waals surface area contributed by atoms with Gasteiger partial charge in [-0.25, -0.2) is 9.98 Å². The number of nitrogens with zero attached hydrogens (tertiary/aromatic N) is 6. The highest BCUT2D eigenvalue weighted by molar-refractivity contribution is 6.12. The summed E-state index contributed by atoms with van der Waals surface area (Å²) in [6, 6.07) is 39.5. The first kappa shape index (κ1) is 24.7. The summed E-state index contributed by atoms with van der Waals surface area (Å²) in [7, 11) is 0. The molecule has 6 nitrogen and oxygen atoms in total. The third-order valence-electron chi connectivity index (χ3n) is 6.18. The van der Waals surface area contributed by atoms with Crippen molar-refractivity contribution in [2.45, 2.75) is 0 Å². The summed E-state index contributed by atoms with van der Waals surface area (Å²) >= 11 is 0. The predicted octanol–water partition coefficient (Wildman–Crippen LogP) is 7.27. The average Bonchev–Trinajstić information content (AvgIpc) is 3.05. The molecule has 0 amide bonds. The highest BCUT2D eigenvalue weighted by Crippen LogP contribution is 2.26. The topological polar surface area (TPSA) is 76.3 Å². The van der Waals surface area contributed by atoms with Crippen LogP contribution in [-0.2, 0) is 0 Å². The van der Waals surface area contributed by atoms with Crippen molar-refractivity contribution < 1.29 is 0 Å². The molecule has 0 unspecified atom stereocenters. The average molecular weight is 517 g/mol. The Kier molecular flexibility index (Phi) is 7.31. The number of pyridine rings is 4. The van der Waals surface area contributed by atoms with Crippen LogP contribution < -0.4 is 0 Å². The molecule has 0 aliphatic heterocycles. The Bertz CT molecular complexity index is 1520. The van der Waals surface area contributed by atoms with Crippen LogP contribution in [0.25, 0.3) is 11.1 Å². The van der Waals surface area contributed by atoms with E-state index in [-0.39, 0.29) is 0 Å². The van der Waals surface area contributed by atoms with E-state index < -0.39 is 0 Å². The van der Waals surface area contributed by atoms with Crippen LogP contribution in [0.5, 0.6) is 0 Å². The van der Waals surface area contributed by atoms with Crippen molar-refractivity contribution in [2.24, 2.45) is 9.98 Å². The molecule has 0 atom stereocenters. The zero-order valence-corrected chi connectivity index (χ0v) is 21.5. The fourth-order valence-corrected chi connectivity index (χ4v) is 4.22. The van der Waals surface area contributed by atoms with Gasteiger partial charge >= 0.3 is 0 Å². The molecule has 6 aromatic rings. The lowest BCUT2D eigenvalue weighted by Crippen LogP contribution is -2.07. The minimum Gasteiger partial charge on any atom is -0.255 e. The molecule has 0 spiro atoms. The standard InChI is InChI=1S/C34H24N6/c1-5-21-35-29(9-1)33(30-10-2-6-22-36-30)39-27-17-13-25(14-18-27)26-15-19-28(20-16-26)40-34(31-11-3-7-23-37-31)32-12-4-8-24-38-32/h1-24H. The van der Waals surface area contributed by atoms with Crippen molar-refractivity contribution in [3.8, 4) is 11.1 Å². The second-order valence-corrected chi connectivity index (χ2v) is 8.87. The third-order valence-corrected chi connectivity index (χ3v) is 6.18. The van der Waals surface area contributed by atoms with E-state index in [0.717, 1.165) is 56.7 Å². The van der Waals surface area contributed by atoms with E-state index in [0.29, 0.717) is 0 Å². The van der Waals surface area contributed by atoms with Crippen molar-refractivity contribution in [3.63, 3.8) is 0 Å². The summed E-state index contributed by atoms with van der Waals surface area (Å²) in [6.07, 6.45) is 7.06. The summed E-state index contributed by atoms with van der Waals surface area (Å²) in [6.45, 7) is 0. The maximum absolute atomic E-state index is 4.90. The SMILES string of the molecule is c1ccc(C(=Nc2ccc(-c3ccc(N=C(c4ccccn4)c4ccccn4)cc3)cc2)c2ccccn2)nc1. The molecule has 6 heteroatoms. The number of benzene rings is 2. The van der Waals surface area contributed by atoms with Crippen LogP contribution in [0.2, 0.25) is 0 Å². The van der Waals surface area contributed by atoms with Gasteiger partial charge in [-0.1, -0.05) is 48.5 Å². The fraction of sp³-hybridized carbons (Fsp3) is 0. The quantitative estimate of drug-likeness (QED) is 0.209. The fourth-order valence-electron chi connectivity index (χ4n) is 4.22. The predicted molar refractivity (Wildman–Crippen MR) is 159 cm³/mol. The Morgan fingerprint density at radius 1 is 0.350 bits per heavy atom. The second kappa shape index (κ2) is 11.8. The number of aliphatic imine (C=N–C) groups is 2. The lowest BCUT2D eigenvalue weighted by molar-refractivity contribution is 1.24. The Morgan fingerprint density at radius 2 is 0.650 bits per heavy atom. The van der Waals surface area contributed by atoms with Crippen molar-refractivity contribution in [3.05, 3.63) is 169 Å². The van der Waals surface area contributed by atoms with Gasteiger partial charge in [-0.3, -0.25) is 19.9 Å². The molecule has 2 aromatic carbocycles. The summed E-state index contributed by atoms with van der Waals surface area (Å²) < 4.78 is 0. The maximum atomic E-state index is 4.90. The molecule has 0 saturated heterocycles. The number of aromatic nitrogens is 4. The Hall–Kier alpha value is -5.62. The first-order chi connectivity index (χ1) is 19.8.